The molecule has 0 radical (unpaired) electrons. The summed E-state index contributed by atoms with van der Waals surface area (Å²) in [6.45, 7) is 4.80. The van der Waals surface area contributed by atoms with Crippen LogP contribution in [0.25, 0.3) is 10.9 Å². The number of aryl methyl sites for hydroxylation is 1. The van der Waals surface area contributed by atoms with Crippen molar-refractivity contribution >= 4 is 39.2 Å². The summed E-state index contributed by atoms with van der Waals surface area (Å²) in [7, 11) is 1.98. The van der Waals surface area contributed by atoms with Crippen molar-refractivity contribution in [2.24, 2.45) is 0 Å². The standard InChI is InChI=1S/C27H25N3O.C5H8.C4H5I.C4H6O/c1-4-5-18-29(3)23-16-17-25-24(19-23)27(31)30(20(2)28-25)26(21-12-8-6-9-13-21)22-14-10-7-11-15-22;1-3-5-4-2;2*1-2-3-4-5/h1,6-17,19,26H,5,18H2,2-3H3;1H,4-5H2,2H3;1H,3-4H2;1,5H,3-4H2. The zero-order valence-corrected chi connectivity index (χ0v) is 29.3. The molecule has 1 heterocycles. The fourth-order valence-corrected chi connectivity index (χ4v) is 4.54. The number of fused-ring (bicyclic) bond motifs is 1. The van der Waals surface area contributed by atoms with Crippen LogP contribution in [0.5, 0.6) is 0 Å². The van der Waals surface area contributed by atoms with E-state index in [1.165, 1.54) is 0 Å². The van der Waals surface area contributed by atoms with Gasteiger partial charge in [-0.2, -0.15) is 0 Å². The highest BCUT2D eigenvalue weighted by atomic mass is 127. The van der Waals surface area contributed by atoms with E-state index in [-0.39, 0.29) is 18.2 Å². The Bertz CT molecular complexity index is 1590. The molecular weight excluding hydrogens is 681 g/mol. The molecule has 0 aliphatic heterocycles. The molecule has 3 aromatic carbocycles. The molecule has 1 N–H and O–H groups in total. The highest BCUT2D eigenvalue weighted by Gasteiger charge is 2.21. The number of terminal acetylenes is 4. The Balaban J connectivity index is 0.000000589. The molecule has 0 spiro atoms. The number of aliphatic hydroxyl groups excluding tert-OH is 1. The SMILES string of the molecule is C#CCCC.C#CCCI.C#CCCN(C)c1ccc2nc(C)n(C(c3ccccc3)c3ccccc3)c(=O)c2c1.C#CCCO. The topological polar surface area (TPSA) is 58.4 Å². The molecule has 0 fully saturated rings. The number of halogens is 1. The summed E-state index contributed by atoms with van der Waals surface area (Å²) in [5.41, 5.74) is 3.69. The van der Waals surface area contributed by atoms with Gasteiger partial charge in [-0.25, -0.2) is 4.98 Å². The second-order valence-corrected chi connectivity index (χ2v) is 11.0. The predicted octanol–water partition coefficient (Wildman–Crippen LogP) is 7.67. The second kappa shape index (κ2) is 23.9. The van der Waals surface area contributed by atoms with Gasteiger partial charge < -0.3 is 10.0 Å². The van der Waals surface area contributed by atoms with Crippen LogP contribution in [0.3, 0.4) is 0 Å². The van der Waals surface area contributed by atoms with E-state index in [1.54, 1.807) is 4.57 Å². The quantitative estimate of drug-likeness (QED) is 0.109. The number of rotatable bonds is 9. The minimum absolute atomic E-state index is 0.0487. The average Bonchev–Trinajstić information content (AvgIpc) is 3.08. The number of hydrogen-bond acceptors (Lipinski definition) is 4. The molecule has 0 saturated heterocycles. The molecule has 46 heavy (non-hydrogen) atoms. The largest absolute Gasteiger partial charge is 0.395 e. The van der Waals surface area contributed by atoms with Crippen molar-refractivity contribution in [1.29, 1.82) is 0 Å². The van der Waals surface area contributed by atoms with Gasteiger partial charge >= 0.3 is 0 Å². The summed E-state index contributed by atoms with van der Waals surface area (Å²) in [4.78, 5) is 20.6. The first-order valence-electron chi connectivity index (χ1n) is 15.1. The van der Waals surface area contributed by atoms with E-state index in [4.69, 9.17) is 35.8 Å². The highest BCUT2D eigenvalue weighted by molar-refractivity contribution is 14.1. The molecule has 4 aromatic rings. The van der Waals surface area contributed by atoms with Gasteiger partial charge in [0, 0.05) is 49.4 Å². The van der Waals surface area contributed by atoms with Gasteiger partial charge in [-0.3, -0.25) is 9.36 Å². The number of alkyl halides is 1. The van der Waals surface area contributed by atoms with Crippen LogP contribution in [0.2, 0.25) is 0 Å². The maximum absolute atomic E-state index is 13.8. The van der Waals surface area contributed by atoms with E-state index < -0.39 is 0 Å². The van der Waals surface area contributed by atoms with Gasteiger partial charge in [0.2, 0.25) is 0 Å². The van der Waals surface area contributed by atoms with Crippen LogP contribution in [0.4, 0.5) is 5.69 Å². The van der Waals surface area contributed by atoms with Crippen molar-refractivity contribution in [2.45, 2.75) is 52.0 Å². The van der Waals surface area contributed by atoms with Gasteiger partial charge in [-0.05, 0) is 42.7 Å². The van der Waals surface area contributed by atoms with E-state index in [9.17, 15) is 4.79 Å². The lowest BCUT2D eigenvalue weighted by Crippen LogP contribution is -2.29. The number of nitrogens with zero attached hydrogens (tertiary/aromatic N) is 3. The average molecular weight is 726 g/mol. The van der Waals surface area contributed by atoms with Gasteiger partial charge in [-0.15, -0.1) is 49.4 Å². The summed E-state index contributed by atoms with van der Waals surface area (Å²) in [5.74, 6) is 10.6. The number of benzene rings is 3. The second-order valence-electron chi connectivity index (χ2n) is 9.91. The Kier molecular flexibility index (Phi) is 20.5. The van der Waals surface area contributed by atoms with Gasteiger partial charge in [0.15, 0.2) is 0 Å². The van der Waals surface area contributed by atoms with Crippen LogP contribution in [0.15, 0.2) is 83.7 Å². The lowest BCUT2D eigenvalue weighted by molar-refractivity contribution is 0.305. The number of anilines is 1. The van der Waals surface area contributed by atoms with E-state index in [0.717, 1.165) is 47.0 Å². The zero-order chi connectivity index (χ0) is 34.2. The van der Waals surface area contributed by atoms with E-state index in [2.05, 4.69) is 82.4 Å². The third kappa shape index (κ3) is 13.3. The smallest absolute Gasteiger partial charge is 0.262 e. The number of unbranched alkanes of at least 4 members (excludes halogenated alkanes) is 1. The third-order valence-corrected chi connectivity index (χ3v) is 7.01. The Morgan fingerprint density at radius 3 is 1.78 bits per heavy atom. The fraction of sp³-hybridized carbons (Fsp3) is 0.300. The lowest BCUT2D eigenvalue weighted by Gasteiger charge is -2.24. The van der Waals surface area contributed by atoms with Gasteiger partial charge in [0.1, 0.15) is 5.82 Å². The molecule has 0 saturated carbocycles. The first kappa shape index (κ1) is 39.6. The van der Waals surface area contributed by atoms with Crippen LogP contribution < -0.4 is 10.5 Å². The highest BCUT2D eigenvalue weighted by Crippen LogP contribution is 2.27. The monoisotopic (exact) mass is 725 g/mol. The molecule has 0 unspecified atom stereocenters. The maximum Gasteiger partial charge on any atom is 0.262 e. The number of hydrogen-bond donors (Lipinski definition) is 1. The van der Waals surface area contributed by atoms with Crippen LogP contribution in [0, 0.1) is 56.3 Å². The van der Waals surface area contributed by atoms with Gasteiger partial charge in [0.25, 0.3) is 5.56 Å². The first-order chi connectivity index (χ1) is 22.3. The first-order valence-corrected chi connectivity index (χ1v) is 16.6. The zero-order valence-electron chi connectivity index (χ0n) is 27.1. The molecule has 0 atom stereocenters. The molecule has 6 heteroatoms. The fourth-order valence-electron chi connectivity index (χ4n) is 4.23. The van der Waals surface area contributed by atoms with Crippen LogP contribution in [-0.2, 0) is 0 Å². The molecule has 0 bridgehead atoms. The minimum atomic E-state index is -0.255. The van der Waals surface area contributed by atoms with E-state index in [0.29, 0.717) is 29.6 Å². The van der Waals surface area contributed by atoms with Gasteiger partial charge in [0.05, 0.1) is 23.6 Å². The van der Waals surface area contributed by atoms with Crippen LogP contribution >= 0.6 is 22.6 Å². The molecular formula is C40H44IN3O2. The summed E-state index contributed by atoms with van der Waals surface area (Å²) in [5, 5.41) is 8.53. The molecule has 1 aromatic heterocycles. The Morgan fingerprint density at radius 2 is 1.39 bits per heavy atom. The molecule has 4 rings (SSSR count). The predicted molar refractivity (Wildman–Crippen MR) is 204 cm³/mol. The van der Waals surface area contributed by atoms with Crippen LogP contribution in [0.1, 0.15) is 62.0 Å². The maximum atomic E-state index is 13.8. The van der Waals surface area contributed by atoms with E-state index in [1.807, 2.05) is 68.6 Å². The molecule has 0 aliphatic rings. The van der Waals surface area contributed by atoms with Crippen molar-refractivity contribution in [3.8, 4) is 49.4 Å². The van der Waals surface area contributed by atoms with Crippen molar-refractivity contribution < 1.29 is 5.11 Å². The Morgan fingerprint density at radius 1 is 0.848 bits per heavy atom. The van der Waals surface area contributed by atoms with Crippen molar-refractivity contribution in [3.63, 3.8) is 0 Å². The summed E-state index contributed by atoms with van der Waals surface area (Å²) < 4.78 is 2.88. The van der Waals surface area contributed by atoms with Crippen molar-refractivity contribution in [1.82, 2.24) is 9.55 Å². The third-order valence-electron chi connectivity index (χ3n) is 6.47. The summed E-state index contributed by atoms with van der Waals surface area (Å²) in [6, 6.07) is 25.7. The normalized spacial score (nSPS) is 9.43. The molecule has 238 valence electrons. The van der Waals surface area contributed by atoms with E-state index >= 15 is 0 Å². The van der Waals surface area contributed by atoms with Gasteiger partial charge in [-0.1, -0.05) is 90.2 Å². The summed E-state index contributed by atoms with van der Waals surface area (Å²) >= 11 is 2.24. The number of aliphatic hydroxyl groups is 1. The van der Waals surface area contributed by atoms with Crippen LogP contribution in [-0.4, -0.2) is 39.3 Å². The molecule has 5 nitrogen and oxygen atoms in total. The lowest BCUT2D eigenvalue weighted by atomic mass is 9.98. The minimum Gasteiger partial charge on any atom is -0.395 e. The number of aromatic nitrogens is 2. The molecule has 0 amide bonds. The summed E-state index contributed by atoms with van der Waals surface area (Å²) in [6.07, 6.45) is 24.0. The Hall–Kier alpha value is -4.47. The Labute approximate surface area is 289 Å². The molecule has 0 aliphatic carbocycles. The van der Waals surface area contributed by atoms with Crippen molar-refractivity contribution in [2.75, 3.05) is 29.5 Å². The van der Waals surface area contributed by atoms with Crippen molar-refractivity contribution in [3.05, 3.63) is 106 Å².